The molecule has 4 nitrogen and oxygen atoms in total. The van der Waals surface area contributed by atoms with E-state index < -0.39 is 17.6 Å². The molecule has 0 bridgehead atoms. The second-order valence-electron chi connectivity index (χ2n) is 4.12. The van der Waals surface area contributed by atoms with Crippen molar-refractivity contribution < 1.29 is 22.7 Å². The van der Waals surface area contributed by atoms with Crippen molar-refractivity contribution in [1.29, 1.82) is 0 Å². The van der Waals surface area contributed by atoms with E-state index in [-0.39, 0.29) is 11.3 Å². The number of anilines is 1. The van der Waals surface area contributed by atoms with Crippen LogP contribution in [0.1, 0.15) is 15.9 Å². The Hall–Kier alpha value is -2.57. The minimum atomic E-state index is -4.40. The number of rotatable bonds is 3. The van der Waals surface area contributed by atoms with Crippen LogP contribution >= 0.6 is 0 Å². The molecule has 7 heteroatoms. The Balaban J connectivity index is 2.08. The first-order valence-corrected chi connectivity index (χ1v) is 5.89. The number of nitrogens with zero attached hydrogens (tertiary/aromatic N) is 1. The van der Waals surface area contributed by atoms with Crippen LogP contribution in [-0.4, -0.2) is 18.0 Å². The highest BCUT2D eigenvalue weighted by Crippen LogP contribution is 2.29. The lowest BCUT2D eigenvalue weighted by Gasteiger charge is -2.09. The molecular formula is C14H11F3N2O2. The summed E-state index contributed by atoms with van der Waals surface area (Å²) in [6.45, 7) is 0. The average Bonchev–Trinajstić information content (AvgIpc) is 2.47. The molecular weight excluding hydrogens is 285 g/mol. The van der Waals surface area contributed by atoms with E-state index in [2.05, 4.69) is 10.3 Å². The first-order valence-electron chi connectivity index (χ1n) is 5.89. The fraction of sp³-hybridized carbons (Fsp3) is 0.143. The molecule has 0 spiro atoms. The average molecular weight is 296 g/mol. The molecule has 21 heavy (non-hydrogen) atoms. The third kappa shape index (κ3) is 3.71. The van der Waals surface area contributed by atoms with E-state index in [1.165, 1.54) is 37.6 Å². The molecule has 0 atom stereocenters. The van der Waals surface area contributed by atoms with Crippen LogP contribution in [-0.2, 0) is 6.18 Å². The number of carbonyl (C=O) groups is 1. The molecule has 1 N–H and O–H groups in total. The van der Waals surface area contributed by atoms with Gasteiger partial charge in [-0.05, 0) is 30.3 Å². The van der Waals surface area contributed by atoms with Gasteiger partial charge >= 0.3 is 6.18 Å². The van der Waals surface area contributed by atoms with Crippen molar-refractivity contribution in [1.82, 2.24) is 4.98 Å². The summed E-state index contributed by atoms with van der Waals surface area (Å²) in [7, 11) is 1.45. The summed E-state index contributed by atoms with van der Waals surface area (Å²) >= 11 is 0. The molecule has 2 rings (SSSR count). The van der Waals surface area contributed by atoms with Gasteiger partial charge in [-0.2, -0.15) is 13.2 Å². The molecule has 0 saturated heterocycles. The normalized spacial score (nSPS) is 11.0. The number of benzene rings is 1. The topological polar surface area (TPSA) is 51.2 Å². The number of carbonyl (C=O) groups excluding carboxylic acids is 1. The van der Waals surface area contributed by atoms with Crippen LogP contribution in [0.4, 0.5) is 18.9 Å². The van der Waals surface area contributed by atoms with E-state index in [1.807, 2.05) is 0 Å². The highest BCUT2D eigenvalue weighted by atomic mass is 19.4. The van der Waals surface area contributed by atoms with Crippen molar-refractivity contribution in [3.63, 3.8) is 0 Å². The lowest BCUT2D eigenvalue weighted by atomic mass is 10.2. The van der Waals surface area contributed by atoms with Crippen LogP contribution in [0.5, 0.6) is 5.88 Å². The fourth-order valence-electron chi connectivity index (χ4n) is 1.58. The molecule has 2 aromatic rings. The molecule has 0 saturated carbocycles. The largest absolute Gasteiger partial charge is 0.481 e. The van der Waals surface area contributed by atoms with Crippen molar-refractivity contribution >= 4 is 11.6 Å². The van der Waals surface area contributed by atoms with Gasteiger partial charge in [0.05, 0.1) is 18.2 Å². The summed E-state index contributed by atoms with van der Waals surface area (Å²) < 4.78 is 42.1. The molecule has 110 valence electrons. The van der Waals surface area contributed by atoms with Crippen molar-refractivity contribution in [3.05, 3.63) is 53.7 Å². The zero-order chi connectivity index (χ0) is 15.5. The highest BCUT2D eigenvalue weighted by molar-refractivity contribution is 6.04. The molecule has 0 aliphatic heterocycles. The summed E-state index contributed by atoms with van der Waals surface area (Å²) in [5, 5.41) is 2.49. The monoisotopic (exact) mass is 296 g/mol. The predicted octanol–water partition coefficient (Wildman–Crippen LogP) is 3.36. The maximum atomic E-state index is 12.4. The second-order valence-corrected chi connectivity index (χ2v) is 4.12. The Morgan fingerprint density at radius 1 is 1.14 bits per heavy atom. The number of nitrogens with one attached hydrogen (secondary N) is 1. The van der Waals surface area contributed by atoms with Crippen molar-refractivity contribution in [2.45, 2.75) is 6.18 Å². The number of ether oxygens (including phenoxy) is 1. The van der Waals surface area contributed by atoms with Gasteiger partial charge in [0.15, 0.2) is 0 Å². The van der Waals surface area contributed by atoms with Gasteiger partial charge in [0.2, 0.25) is 5.88 Å². The predicted molar refractivity (Wildman–Crippen MR) is 70.2 cm³/mol. The van der Waals surface area contributed by atoms with Crippen LogP contribution in [0.15, 0.2) is 42.6 Å². The second kappa shape index (κ2) is 5.82. The van der Waals surface area contributed by atoms with Gasteiger partial charge in [-0.1, -0.05) is 0 Å². The van der Waals surface area contributed by atoms with Gasteiger partial charge in [-0.3, -0.25) is 4.79 Å². The fourth-order valence-corrected chi connectivity index (χ4v) is 1.58. The van der Waals surface area contributed by atoms with Crippen LogP contribution in [0.3, 0.4) is 0 Å². The zero-order valence-electron chi connectivity index (χ0n) is 10.9. The summed E-state index contributed by atoms with van der Waals surface area (Å²) in [4.78, 5) is 15.8. The first kappa shape index (κ1) is 14.8. The van der Waals surface area contributed by atoms with Gasteiger partial charge in [-0.15, -0.1) is 0 Å². The number of amides is 1. The minimum absolute atomic E-state index is 0.267. The van der Waals surface area contributed by atoms with Crippen molar-refractivity contribution in [2.24, 2.45) is 0 Å². The molecule has 0 aliphatic rings. The molecule has 1 aromatic heterocycles. The molecule has 0 aliphatic carbocycles. The van der Waals surface area contributed by atoms with E-state index in [0.29, 0.717) is 5.88 Å². The molecule has 1 aromatic carbocycles. The Morgan fingerprint density at radius 3 is 2.29 bits per heavy atom. The third-order valence-electron chi connectivity index (χ3n) is 2.68. The number of halogens is 3. The highest BCUT2D eigenvalue weighted by Gasteiger charge is 2.29. The number of alkyl halides is 3. The molecule has 1 heterocycles. The van der Waals surface area contributed by atoms with Crippen molar-refractivity contribution in [2.75, 3.05) is 12.4 Å². The molecule has 0 radical (unpaired) electrons. The van der Waals surface area contributed by atoms with Crippen LogP contribution < -0.4 is 10.1 Å². The number of hydrogen-bond donors (Lipinski definition) is 1. The van der Waals surface area contributed by atoms with E-state index in [1.54, 1.807) is 0 Å². The molecule has 1 amide bonds. The minimum Gasteiger partial charge on any atom is -0.481 e. The Labute approximate surface area is 118 Å². The number of methoxy groups -OCH3 is 1. The lowest BCUT2D eigenvalue weighted by molar-refractivity contribution is -0.137. The summed E-state index contributed by atoms with van der Waals surface area (Å²) in [6.07, 6.45) is -3.08. The summed E-state index contributed by atoms with van der Waals surface area (Å²) in [6, 6.07) is 7.21. The summed E-state index contributed by atoms with van der Waals surface area (Å²) in [5.74, 6) is -0.106. The number of hydrogen-bond acceptors (Lipinski definition) is 3. The lowest BCUT2D eigenvalue weighted by Crippen LogP contribution is -2.12. The Morgan fingerprint density at radius 2 is 1.81 bits per heavy atom. The van der Waals surface area contributed by atoms with Gasteiger partial charge < -0.3 is 10.1 Å². The molecule has 0 fully saturated rings. The van der Waals surface area contributed by atoms with E-state index in [4.69, 9.17) is 4.74 Å². The maximum Gasteiger partial charge on any atom is 0.416 e. The quantitative estimate of drug-likeness (QED) is 0.945. The number of pyridine rings is 1. The zero-order valence-corrected chi connectivity index (χ0v) is 10.9. The smallest absolute Gasteiger partial charge is 0.416 e. The SMILES string of the molecule is COc1ccc(C(=O)Nc2ccc(C(F)(F)F)cc2)cn1. The van der Waals surface area contributed by atoms with Gasteiger partial charge in [0, 0.05) is 18.0 Å². The van der Waals surface area contributed by atoms with Crippen LogP contribution in [0.2, 0.25) is 0 Å². The third-order valence-corrected chi connectivity index (χ3v) is 2.68. The maximum absolute atomic E-state index is 12.4. The van der Waals surface area contributed by atoms with Gasteiger partial charge in [0.25, 0.3) is 5.91 Å². The van der Waals surface area contributed by atoms with E-state index >= 15 is 0 Å². The van der Waals surface area contributed by atoms with Crippen molar-refractivity contribution in [3.8, 4) is 5.88 Å². The first-order chi connectivity index (χ1) is 9.90. The Bertz CT molecular complexity index is 622. The standard InChI is InChI=1S/C14H11F3N2O2/c1-21-12-7-2-9(8-18-12)13(20)19-11-5-3-10(4-6-11)14(15,16)17/h2-8H,1H3,(H,19,20). The van der Waals surface area contributed by atoms with Gasteiger partial charge in [0.1, 0.15) is 0 Å². The Kier molecular flexibility index (Phi) is 4.11. The van der Waals surface area contributed by atoms with Crippen LogP contribution in [0.25, 0.3) is 0 Å². The van der Waals surface area contributed by atoms with Crippen LogP contribution in [0, 0.1) is 0 Å². The van der Waals surface area contributed by atoms with Gasteiger partial charge in [-0.25, -0.2) is 4.98 Å². The van der Waals surface area contributed by atoms with E-state index in [0.717, 1.165) is 12.1 Å². The number of aromatic nitrogens is 1. The molecule has 0 unspecified atom stereocenters. The van der Waals surface area contributed by atoms with E-state index in [9.17, 15) is 18.0 Å². The summed E-state index contributed by atoms with van der Waals surface area (Å²) in [5.41, 5.74) is -0.230.